The van der Waals surface area contributed by atoms with Gasteiger partial charge in [-0.2, -0.15) is 0 Å². The molecule has 0 spiro atoms. The summed E-state index contributed by atoms with van der Waals surface area (Å²) in [7, 11) is 0. The molecule has 1 amide bonds. The SMILES string of the molecule is O=C1c2oc3ccc(F)cc3c(=O)c2[C@H](c2cccc(Br)c2)N1CCCO. The number of aliphatic hydroxyl groups excluding tert-OH is 1. The van der Waals surface area contributed by atoms with Crippen LogP contribution in [0, 0.1) is 5.82 Å². The Hall–Kier alpha value is -2.51. The second-order valence-electron chi connectivity index (χ2n) is 6.35. The van der Waals surface area contributed by atoms with Crippen molar-refractivity contribution >= 4 is 32.8 Å². The Morgan fingerprint density at radius 2 is 2.00 bits per heavy atom. The number of carbonyl (C=O) groups excluding carboxylic acids is 1. The van der Waals surface area contributed by atoms with E-state index in [1.807, 2.05) is 24.3 Å². The molecular formula is C20H15BrFNO4. The number of aliphatic hydroxyl groups is 1. The molecule has 0 radical (unpaired) electrons. The molecule has 0 fully saturated rings. The molecule has 0 bridgehead atoms. The summed E-state index contributed by atoms with van der Waals surface area (Å²) < 4.78 is 20.2. The highest BCUT2D eigenvalue weighted by Gasteiger charge is 2.42. The summed E-state index contributed by atoms with van der Waals surface area (Å²) >= 11 is 3.41. The second-order valence-corrected chi connectivity index (χ2v) is 7.26. The molecule has 2 heterocycles. The summed E-state index contributed by atoms with van der Waals surface area (Å²) in [5, 5.41) is 9.30. The van der Waals surface area contributed by atoms with Crippen molar-refractivity contribution < 1.29 is 18.7 Å². The van der Waals surface area contributed by atoms with Gasteiger partial charge < -0.3 is 14.4 Å². The summed E-state index contributed by atoms with van der Waals surface area (Å²) in [6.45, 7) is 0.181. The first-order chi connectivity index (χ1) is 13.0. The fourth-order valence-corrected chi connectivity index (χ4v) is 3.90. The fraction of sp³-hybridized carbons (Fsp3) is 0.200. The zero-order valence-electron chi connectivity index (χ0n) is 14.1. The van der Waals surface area contributed by atoms with Crippen LogP contribution in [0.1, 0.15) is 34.1 Å². The summed E-state index contributed by atoms with van der Waals surface area (Å²) in [5.41, 5.74) is 0.688. The highest BCUT2D eigenvalue weighted by molar-refractivity contribution is 9.10. The number of halogens is 2. The number of benzene rings is 2. The van der Waals surface area contributed by atoms with Crippen LogP contribution in [0.25, 0.3) is 11.0 Å². The number of carbonyl (C=O) groups is 1. The maximum Gasteiger partial charge on any atom is 0.290 e. The Morgan fingerprint density at radius 1 is 1.19 bits per heavy atom. The molecule has 1 aromatic heterocycles. The molecule has 0 saturated heterocycles. The number of hydrogen-bond donors (Lipinski definition) is 1. The van der Waals surface area contributed by atoms with Gasteiger partial charge in [0.05, 0.1) is 17.0 Å². The van der Waals surface area contributed by atoms with Crippen LogP contribution in [-0.2, 0) is 0 Å². The van der Waals surface area contributed by atoms with E-state index in [4.69, 9.17) is 4.42 Å². The van der Waals surface area contributed by atoms with E-state index in [-0.39, 0.29) is 35.4 Å². The summed E-state index contributed by atoms with van der Waals surface area (Å²) in [4.78, 5) is 27.6. The smallest absolute Gasteiger partial charge is 0.290 e. The molecule has 3 aromatic rings. The van der Waals surface area contributed by atoms with Crippen molar-refractivity contribution in [2.45, 2.75) is 12.5 Å². The molecule has 0 aliphatic carbocycles. The minimum absolute atomic E-state index is 0.0259. The average molecular weight is 432 g/mol. The monoisotopic (exact) mass is 431 g/mol. The van der Waals surface area contributed by atoms with Crippen LogP contribution in [0.4, 0.5) is 4.39 Å². The van der Waals surface area contributed by atoms with E-state index >= 15 is 0 Å². The summed E-state index contributed by atoms with van der Waals surface area (Å²) in [6.07, 6.45) is 0.368. The minimum atomic E-state index is -0.652. The van der Waals surface area contributed by atoms with E-state index in [9.17, 15) is 19.1 Å². The lowest BCUT2D eigenvalue weighted by molar-refractivity contribution is 0.0716. The number of rotatable bonds is 4. The zero-order valence-corrected chi connectivity index (χ0v) is 15.7. The van der Waals surface area contributed by atoms with Gasteiger partial charge in [0.1, 0.15) is 11.4 Å². The molecule has 1 aliphatic rings. The highest BCUT2D eigenvalue weighted by atomic mass is 79.9. The van der Waals surface area contributed by atoms with Gasteiger partial charge in [-0.05, 0) is 42.3 Å². The van der Waals surface area contributed by atoms with Gasteiger partial charge >= 0.3 is 0 Å². The second kappa shape index (κ2) is 6.90. The molecule has 2 aromatic carbocycles. The Kier molecular flexibility index (Phi) is 4.57. The van der Waals surface area contributed by atoms with Crippen LogP contribution in [-0.4, -0.2) is 29.1 Å². The molecule has 1 aliphatic heterocycles. The van der Waals surface area contributed by atoms with E-state index in [0.717, 1.165) is 16.1 Å². The number of amides is 1. The van der Waals surface area contributed by atoms with Gasteiger partial charge in [-0.3, -0.25) is 9.59 Å². The third kappa shape index (κ3) is 2.96. The fourth-order valence-electron chi connectivity index (χ4n) is 3.49. The van der Waals surface area contributed by atoms with Gasteiger partial charge in [0.15, 0.2) is 5.43 Å². The lowest BCUT2D eigenvalue weighted by atomic mass is 9.98. The van der Waals surface area contributed by atoms with Crippen LogP contribution in [0.5, 0.6) is 0 Å². The molecule has 138 valence electrons. The minimum Gasteiger partial charge on any atom is -0.450 e. The van der Waals surface area contributed by atoms with Crippen LogP contribution in [0.15, 0.2) is 56.1 Å². The van der Waals surface area contributed by atoms with Gasteiger partial charge in [-0.15, -0.1) is 0 Å². The maximum atomic E-state index is 13.7. The van der Waals surface area contributed by atoms with Crippen molar-refractivity contribution in [1.29, 1.82) is 0 Å². The van der Waals surface area contributed by atoms with E-state index < -0.39 is 23.2 Å². The van der Waals surface area contributed by atoms with Crippen molar-refractivity contribution in [3.63, 3.8) is 0 Å². The molecule has 4 rings (SSSR count). The number of fused-ring (bicyclic) bond motifs is 2. The van der Waals surface area contributed by atoms with Crippen molar-refractivity contribution in [2.24, 2.45) is 0 Å². The van der Waals surface area contributed by atoms with Gasteiger partial charge in [0, 0.05) is 17.6 Å². The Bertz CT molecular complexity index is 1110. The topological polar surface area (TPSA) is 70.8 Å². The van der Waals surface area contributed by atoms with Gasteiger partial charge in [-0.1, -0.05) is 28.1 Å². The third-order valence-electron chi connectivity index (χ3n) is 4.65. The maximum absolute atomic E-state index is 13.7. The largest absolute Gasteiger partial charge is 0.450 e. The first-order valence-electron chi connectivity index (χ1n) is 8.45. The van der Waals surface area contributed by atoms with Crippen molar-refractivity contribution in [3.8, 4) is 0 Å². The van der Waals surface area contributed by atoms with Crippen LogP contribution in [0.3, 0.4) is 0 Å². The Balaban J connectivity index is 1.99. The lowest BCUT2D eigenvalue weighted by Gasteiger charge is -2.25. The third-order valence-corrected chi connectivity index (χ3v) is 5.14. The van der Waals surface area contributed by atoms with Crippen molar-refractivity contribution in [2.75, 3.05) is 13.2 Å². The van der Waals surface area contributed by atoms with Crippen molar-refractivity contribution in [1.82, 2.24) is 4.90 Å². The average Bonchev–Trinajstić information content (AvgIpc) is 2.93. The molecule has 1 atom stereocenters. The lowest BCUT2D eigenvalue weighted by Crippen LogP contribution is -2.31. The number of nitrogens with zero attached hydrogens (tertiary/aromatic N) is 1. The predicted molar refractivity (Wildman–Crippen MR) is 101 cm³/mol. The van der Waals surface area contributed by atoms with Crippen LogP contribution in [0.2, 0.25) is 0 Å². The molecule has 0 unspecified atom stereocenters. The first-order valence-corrected chi connectivity index (χ1v) is 9.24. The Morgan fingerprint density at radius 3 is 2.74 bits per heavy atom. The van der Waals surface area contributed by atoms with Gasteiger partial charge in [-0.25, -0.2) is 4.39 Å². The summed E-state index contributed by atoms with van der Waals surface area (Å²) in [5.74, 6) is -0.982. The predicted octanol–water partition coefficient (Wildman–Crippen LogP) is 3.62. The highest BCUT2D eigenvalue weighted by Crippen LogP contribution is 2.38. The zero-order chi connectivity index (χ0) is 19.1. The quantitative estimate of drug-likeness (QED) is 0.684. The van der Waals surface area contributed by atoms with E-state index in [0.29, 0.717) is 6.42 Å². The molecular weight excluding hydrogens is 417 g/mol. The summed E-state index contributed by atoms with van der Waals surface area (Å²) in [6, 6.07) is 10.3. The standard InChI is InChI=1S/C20H15BrFNO4/c21-12-4-1-3-11(9-12)17-16-18(25)14-10-13(22)5-6-15(14)27-19(16)20(26)23(17)7-2-8-24/h1,3-6,9-10,17,24H,2,7-8H2/t17-/m0/s1. The molecule has 5 nitrogen and oxygen atoms in total. The van der Waals surface area contributed by atoms with Crippen LogP contribution >= 0.6 is 15.9 Å². The normalized spacial score (nSPS) is 16.2. The first kappa shape index (κ1) is 17.9. The van der Waals surface area contributed by atoms with E-state index in [2.05, 4.69) is 15.9 Å². The molecule has 1 N–H and O–H groups in total. The Labute approximate surface area is 162 Å². The van der Waals surface area contributed by atoms with E-state index in [1.54, 1.807) is 0 Å². The van der Waals surface area contributed by atoms with Crippen LogP contribution < -0.4 is 5.43 Å². The molecule has 7 heteroatoms. The molecule has 0 saturated carbocycles. The van der Waals surface area contributed by atoms with Gasteiger partial charge in [0.2, 0.25) is 5.76 Å². The number of hydrogen-bond acceptors (Lipinski definition) is 4. The van der Waals surface area contributed by atoms with Crippen molar-refractivity contribution in [3.05, 3.63) is 79.9 Å². The van der Waals surface area contributed by atoms with Gasteiger partial charge in [0.25, 0.3) is 5.91 Å². The van der Waals surface area contributed by atoms with E-state index in [1.165, 1.54) is 17.0 Å². The molecule has 27 heavy (non-hydrogen) atoms.